The summed E-state index contributed by atoms with van der Waals surface area (Å²) in [6.07, 6.45) is 0. The van der Waals surface area contributed by atoms with E-state index in [9.17, 15) is 0 Å². The molecular weight excluding hydrogens is 605 g/mol. The van der Waals surface area contributed by atoms with Crippen molar-refractivity contribution in [3.8, 4) is 28.2 Å². The molecule has 0 aliphatic carbocycles. The summed E-state index contributed by atoms with van der Waals surface area (Å²) in [4.78, 5) is 9.89. The van der Waals surface area contributed by atoms with Crippen LogP contribution < -0.4 is 0 Å². The third-order valence-electron chi connectivity index (χ3n) is 8.57. The first-order chi connectivity index (χ1) is 22.6. The molecule has 0 aliphatic rings. The average molecular weight is 642 g/mol. The predicted octanol–water partition coefficient (Wildman–Crippen LogP) is 10.4. The predicted molar refractivity (Wildman–Crippen MR) is 184 cm³/mol. The van der Waals surface area contributed by atoms with Crippen LogP contribution in [0.1, 0.15) is 59.3 Å². The van der Waals surface area contributed by atoms with Crippen LogP contribution in [0.3, 0.4) is 0 Å². The first kappa shape index (κ1) is 23.9. The van der Waals surface area contributed by atoms with Crippen LogP contribution in [0.4, 0.5) is 0 Å². The minimum atomic E-state index is -2.22. The number of benzene rings is 5. The van der Waals surface area contributed by atoms with Gasteiger partial charge in [-0.05, 0) is 5.56 Å². The van der Waals surface area contributed by atoms with Gasteiger partial charge in [0.1, 0.15) is 0 Å². The number of furan rings is 1. The fourth-order valence-corrected chi connectivity index (χ4v) is 7.97. The molecule has 4 nitrogen and oxygen atoms in total. The van der Waals surface area contributed by atoms with Gasteiger partial charge in [0, 0.05) is 0 Å². The molecule has 0 saturated carbocycles. The van der Waals surface area contributed by atoms with Gasteiger partial charge in [0.05, 0.1) is 0 Å². The molecule has 0 unspecified atom stereocenters. The second-order valence-electron chi connectivity index (χ2n) is 12.0. The van der Waals surface area contributed by atoms with Gasteiger partial charge in [-0.15, -0.1) is 0 Å². The van der Waals surface area contributed by atoms with Crippen molar-refractivity contribution in [3.05, 3.63) is 113 Å². The average Bonchev–Trinajstić information content (AvgIpc) is 3.77. The number of aromatic nitrogens is 3. The maximum atomic E-state index is 7.96. The van der Waals surface area contributed by atoms with Gasteiger partial charge in [0.2, 0.25) is 0 Å². The molecule has 0 fully saturated rings. The Kier molecular flexibility index (Phi) is 5.62. The van der Waals surface area contributed by atoms with Crippen LogP contribution in [0.5, 0.6) is 0 Å². The third-order valence-corrected chi connectivity index (χ3v) is 10.3. The van der Waals surface area contributed by atoms with Gasteiger partial charge in [0.15, 0.2) is 0 Å². The van der Waals surface area contributed by atoms with E-state index in [0.29, 0.717) is 11.1 Å². The van der Waals surface area contributed by atoms with Crippen LogP contribution in [0.2, 0.25) is 0 Å². The van der Waals surface area contributed by atoms with E-state index < -0.39 is 6.85 Å². The van der Waals surface area contributed by atoms with Crippen molar-refractivity contribution in [3.63, 3.8) is 0 Å². The van der Waals surface area contributed by atoms with Crippen molar-refractivity contribution in [2.75, 3.05) is 0 Å². The Morgan fingerprint density at radius 1 is 0.727 bits per heavy atom. The van der Waals surface area contributed by atoms with Crippen LogP contribution in [0.15, 0.2) is 101 Å². The van der Waals surface area contributed by atoms with E-state index in [2.05, 4.69) is 116 Å². The van der Waals surface area contributed by atoms with Gasteiger partial charge in [0.25, 0.3) is 0 Å². The molecule has 0 atom stereocenters. The minimum absolute atomic E-state index is 0.247. The van der Waals surface area contributed by atoms with Gasteiger partial charge in [-0.25, -0.2) is 0 Å². The number of aryl methyl sites for hydroxylation is 1. The first-order valence-electron chi connectivity index (χ1n) is 16.6. The van der Waals surface area contributed by atoms with Gasteiger partial charge in [-0.1, -0.05) is 30.3 Å². The first-order valence-corrected chi connectivity index (χ1v) is 16.8. The van der Waals surface area contributed by atoms with Crippen molar-refractivity contribution in [1.29, 1.82) is 0 Å². The van der Waals surface area contributed by atoms with Crippen molar-refractivity contribution in [1.82, 2.24) is 14.5 Å². The van der Waals surface area contributed by atoms with E-state index in [1.165, 1.54) is 22.3 Å². The molecule has 5 heteroatoms. The van der Waals surface area contributed by atoms with E-state index in [-0.39, 0.29) is 30.9 Å². The molecule has 216 valence electrons. The van der Waals surface area contributed by atoms with Crippen molar-refractivity contribution in [2.24, 2.45) is 0 Å². The molecule has 0 saturated heterocycles. The van der Waals surface area contributed by atoms with Crippen molar-refractivity contribution >= 4 is 57.3 Å². The summed E-state index contributed by atoms with van der Waals surface area (Å²) in [7, 11) is 0. The number of hydrogen-bond donors (Lipinski definition) is 0. The summed E-state index contributed by atoms with van der Waals surface area (Å²) in [6.45, 7) is 6.81. The maximum absolute atomic E-state index is 7.96. The standard InChI is InChI=1S/C39H33N3OSe/c1-22(2)30-20-26(25-12-7-6-8-13-25)21-31(23(3)4)36(30)42-33-17-10-9-16-32(33)41-39(42)29-15-11-14-27-28-18-19-34-35(40-24(5)44-34)38(28)43-37(27)29/h6-23H,1-5H3/i5D3. The molecule has 3 aromatic heterocycles. The Labute approximate surface area is 267 Å². The number of hydrogen-bond acceptors (Lipinski definition) is 3. The van der Waals surface area contributed by atoms with Gasteiger partial charge < -0.3 is 0 Å². The van der Waals surface area contributed by atoms with E-state index in [4.69, 9.17) is 13.5 Å². The molecule has 8 rings (SSSR count). The Balaban J connectivity index is 1.45. The molecule has 5 aromatic carbocycles. The van der Waals surface area contributed by atoms with E-state index in [0.717, 1.165) is 48.7 Å². The number of fused-ring (bicyclic) bond motifs is 6. The van der Waals surface area contributed by atoms with Crippen LogP contribution in [-0.4, -0.2) is 29.0 Å². The van der Waals surface area contributed by atoms with Crippen molar-refractivity contribution < 1.29 is 8.53 Å². The molecule has 0 N–H and O–H groups in total. The van der Waals surface area contributed by atoms with E-state index >= 15 is 0 Å². The number of para-hydroxylation sites is 3. The third kappa shape index (κ3) is 4.18. The molecule has 3 heterocycles. The zero-order valence-corrected chi connectivity index (χ0v) is 26.8. The number of imidazole rings is 1. The molecule has 0 radical (unpaired) electrons. The zero-order valence-electron chi connectivity index (χ0n) is 28.1. The molecule has 0 bridgehead atoms. The van der Waals surface area contributed by atoms with Gasteiger partial charge in [-0.2, -0.15) is 0 Å². The van der Waals surface area contributed by atoms with Crippen LogP contribution in [0.25, 0.3) is 71.0 Å². The number of nitrogens with zero attached hydrogens (tertiary/aromatic N) is 3. The topological polar surface area (TPSA) is 43.9 Å². The number of rotatable bonds is 5. The van der Waals surface area contributed by atoms with Crippen LogP contribution in [-0.2, 0) is 0 Å². The quantitative estimate of drug-likeness (QED) is 0.176. The summed E-state index contributed by atoms with van der Waals surface area (Å²) < 4.78 is 34.1. The fraction of sp³-hybridized carbons (Fsp3) is 0.179. The van der Waals surface area contributed by atoms with E-state index in [1.807, 2.05) is 18.2 Å². The molecule has 0 amide bonds. The summed E-state index contributed by atoms with van der Waals surface area (Å²) in [5, 5.41) is 1.88. The Morgan fingerprint density at radius 2 is 1.45 bits per heavy atom. The second-order valence-corrected chi connectivity index (χ2v) is 14.2. The molecule has 8 aromatic rings. The summed E-state index contributed by atoms with van der Waals surface area (Å²) in [5.74, 6) is 1.30. The monoisotopic (exact) mass is 642 g/mol. The van der Waals surface area contributed by atoms with Gasteiger partial charge >= 0.3 is 232 Å². The van der Waals surface area contributed by atoms with Gasteiger partial charge in [-0.3, -0.25) is 0 Å². The molecule has 0 spiro atoms. The summed E-state index contributed by atoms with van der Waals surface area (Å²) >= 11 is -0.364. The molecular formula is C39H33N3OSe. The Morgan fingerprint density at radius 3 is 2.20 bits per heavy atom. The van der Waals surface area contributed by atoms with E-state index in [1.54, 1.807) is 0 Å². The molecule has 44 heavy (non-hydrogen) atoms. The van der Waals surface area contributed by atoms with Crippen LogP contribution >= 0.6 is 0 Å². The summed E-state index contributed by atoms with van der Waals surface area (Å²) in [5.41, 5.74) is 10.9. The SMILES string of the molecule is [2H]C([2H])([2H])c1nc2c(ccc3c4cccc(-c5nc6ccccc6n5-c5c(C(C)C)cc(-c6ccccc6)cc5C(C)C)c4oc32)[se]1. The fourth-order valence-electron chi connectivity index (χ4n) is 6.47. The normalized spacial score (nSPS) is 13.5. The second kappa shape index (κ2) is 10.3. The Bertz CT molecular complexity index is 2440. The van der Waals surface area contributed by atoms with Crippen LogP contribution in [0, 0.1) is 6.85 Å². The molecule has 0 aliphatic heterocycles. The van der Waals surface area contributed by atoms with Crippen molar-refractivity contribution in [2.45, 2.75) is 46.4 Å². The Hall–Kier alpha value is -4.44. The zero-order chi connectivity index (χ0) is 32.6. The summed E-state index contributed by atoms with van der Waals surface area (Å²) in [6, 6.07) is 33.8.